The molecule has 40 heavy (non-hydrogen) atoms. The van der Waals surface area contributed by atoms with E-state index in [0.29, 0.717) is 19.6 Å². The van der Waals surface area contributed by atoms with E-state index in [1.54, 1.807) is 12.0 Å². The monoisotopic (exact) mass is 546 g/mol. The van der Waals surface area contributed by atoms with Gasteiger partial charge in [0.25, 0.3) is 0 Å². The first kappa shape index (κ1) is 29.7. The molecule has 3 N–H and O–H groups in total. The van der Waals surface area contributed by atoms with E-state index < -0.39 is 11.0 Å². The number of carbonyl (C=O) groups is 1. The van der Waals surface area contributed by atoms with Gasteiger partial charge < -0.3 is 20.5 Å². The summed E-state index contributed by atoms with van der Waals surface area (Å²) in [6, 6.07) is 14.5. The number of nitrogens with one attached hydrogen (secondary N) is 1. The van der Waals surface area contributed by atoms with E-state index in [0.717, 1.165) is 48.3 Å². The maximum absolute atomic E-state index is 13.8. The van der Waals surface area contributed by atoms with Crippen molar-refractivity contribution in [1.82, 2.24) is 10.2 Å². The molecule has 0 bridgehead atoms. The van der Waals surface area contributed by atoms with Crippen LogP contribution in [0.25, 0.3) is 5.70 Å². The van der Waals surface area contributed by atoms with Gasteiger partial charge in [0, 0.05) is 18.4 Å². The smallest absolute Gasteiger partial charge is 0.232 e. The molecule has 2 aromatic rings. The number of hydrogen-bond acceptors (Lipinski definition) is 6. The summed E-state index contributed by atoms with van der Waals surface area (Å²) in [4.78, 5) is 20.3. The number of guanidine groups is 1. The SMILES string of the molecule is C=C(NC1CCc2ccccc21)c1ccc2c(c1)C(N1C(=O)CC(CC)(CC)N=C1N)C(C)(COC)CO2.CC. The van der Waals surface area contributed by atoms with E-state index in [4.69, 9.17) is 20.2 Å². The third kappa shape index (κ3) is 5.36. The minimum atomic E-state index is -0.520. The van der Waals surface area contributed by atoms with Crippen LogP contribution >= 0.6 is 0 Å². The normalized spacial score (nSPS) is 24.6. The summed E-state index contributed by atoms with van der Waals surface area (Å²) in [5, 5.41) is 3.65. The van der Waals surface area contributed by atoms with Gasteiger partial charge in [-0.05, 0) is 60.6 Å². The summed E-state index contributed by atoms with van der Waals surface area (Å²) in [6.45, 7) is 15.4. The molecule has 3 atom stereocenters. The molecular weight excluding hydrogens is 500 g/mol. The van der Waals surface area contributed by atoms with Gasteiger partial charge in [-0.2, -0.15) is 0 Å². The molecule has 3 aliphatic rings. The number of nitrogens with two attached hydrogens (primary N) is 1. The van der Waals surface area contributed by atoms with Gasteiger partial charge in [-0.1, -0.05) is 65.5 Å². The Hall–Kier alpha value is -3.32. The number of nitrogens with zero attached hydrogens (tertiary/aromatic N) is 2. The molecule has 1 aliphatic carbocycles. The van der Waals surface area contributed by atoms with Crippen molar-refractivity contribution >= 4 is 17.6 Å². The number of carbonyl (C=O) groups excluding carboxylic acids is 1. The second-order valence-corrected chi connectivity index (χ2v) is 11.3. The number of amides is 1. The Kier molecular flexibility index (Phi) is 8.93. The molecule has 5 rings (SSSR count). The van der Waals surface area contributed by atoms with E-state index in [1.165, 1.54) is 11.1 Å². The van der Waals surface area contributed by atoms with E-state index in [9.17, 15) is 4.79 Å². The number of ether oxygens (including phenoxy) is 2. The lowest BCUT2D eigenvalue weighted by Crippen LogP contribution is -2.58. The van der Waals surface area contributed by atoms with Crippen LogP contribution in [0.1, 0.15) is 94.6 Å². The summed E-state index contributed by atoms with van der Waals surface area (Å²) in [6.07, 6.45) is 3.97. The zero-order valence-electron chi connectivity index (χ0n) is 25.0. The van der Waals surface area contributed by atoms with Crippen LogP contribution in [-0.2, 0) is 16.0 Å². The zero-order chi connectivity index (χ0) is 29.1. The van der Waals surface area contributed by atoms with Gasteiger partial charge in [0.1, 0.15) is 5.75 Å². The molecule has 0 saturated heterocycles. The molecule has 1 amide bonds. The first-order valence-electron chi connectivity index (χ1n) is 14.7. The molecule has 0 fully saturated rings. The van der Waals surface area contributed by atoms with E-state index in [-0.39, 0.29) is 24.0 Å². The molecule has 2 aliphatic heterocycles. The highest BCUT2D eigenvalue weighted by molar-refractivity contribution is 5.99. The largest absolute Gasteiger partial charge is 0.492 e. The molecule has 7 nitrogen and oxygen atoms in total. The Labute approximate surface area is 239 Å². The Morgan fingerprint density at radius 2 is 1.93 bits per heavy atom. The highest BCUT2D eigenvalue weighted by atomic mass is 16.5. The van der Waals surface area contributed by atoms with Crippen molar-refractivity contribution in [2.45, 2.75) is 84.3 Å². The number of fused-ring (bicyclic) bond motifs is 2. The minimum absolute atomic E-state index is 0.00806. The Morgan fingerprint density at radius 3 is 2.60 bits per heavy atom. The predicted molar refractivity (Wildman–Crippen MR) is 162 cm³/mol. The third-order valence-electron chi connectivity index (χ3n) is 8.75. The van der Waals surface area contributed by atoms with Crippen molar-refractivity contribution in [3.63, 3.8) is 0 Å². The summed E-state index contributed by atoms with van der Waals surface area (Å²) in [5.74, 6) is 1.01. The Balaban J connectivity index is 0.00000181. The lowest BCUT2D eigenvalue weighted by atomic mass is 9.75. The molecule has 2 heterocycles. The molecule has 216 valence electrons. The van der Waals surface area contributed by atoms with Gasteiger partial charge in [-0.3, -0.25) is 9.69 Å². The van der Waals surface area contributed by atoms with Crippen molar-refractivity contribution in [1.29, 1.82) is 0 Å². The van der Waals surface area contributed by atoms with Crippen molar-refractivity contribution in [3.8, 4) is 5.75 Å². The van der Waals surface area contributed by atoms with Gasteiger partial charge >= 0.3 is 0 Å². The predicted octanol–water partition coefficient (Wildman–Crippen LogP) is 6.15. The average molecular weight is 547 g/mol. The van der Waals surface area contributed by atoms with E-state index in [2.05, 4.69) is 63.0 Å². The average Bonchev–Trinajstić information content (AvgIpc) is 3.37. The lowest BCUT2D eigenvalue weighted by Gasteiger charge is -2.49. The number of aliphatic imine (C=N–C) groups is 1. The van der Waals surface area contributed by atoms with Gasteiger partial charge in [0.2, 0.25) is 5.91 Å². The number of methoxy groups -OCH3 is 1. The van der Waals surface area contributed by atoms with Crippen molar-refractivity contribution in [2.75, 3.05) is 20.3 Å². The molecule has 0 saturated carbocycles. The molecule has 0 aromatic heterocycles. The van der Waals surface area contributed by atoms with Crippen LogP contribution < -0.4 is 15.8 Å². The molecule has 0 spiro atoms. The van der Waals surface area contributed by atoms with Gasteiger partial charge in [-0.15, -0.1) is 0 Å². The first-order valence-corrected chi connectivity index (χ1v) is 14.7. The Morgan fingerprint density at radius 1 is 1.20 bits per heavy atom. The molecule has 7 heteroatoms. The van der Waals surface area contributed by atoms with Crippen LogP contribution in [0, 0.1) is 5.41 Å². The number of benzene rings is 2. The van der Waals surface area contributed by atoms with Crippen molar-refractivity contribution in [3.05, 3.63) is 71.3 Å². The molecule has 3 unspecified atom stereocenters. The fourth-order valence-corrected chi connectivity index (χ4v) is 6.45. The van der Waals surface area contributed by atoms with Gasteiger partial charge in [0.05, 0.1) is 42.7 Å². The zero-order valence-corrected chi connectivity index (χ0v) is 25.0. The quantitative estimate of drug-likeness (QED) is 0.414. The molecule has 2 aromatic carbocycles. The van der Waals surface area contributed by atoms with Crippen LogP contribution in [0.5, 0.6) is 5.75 Å². The van der Waals surface area contributed by atoms with Gasteiger partial charge in [0.15, 0.2) is 5.96 Å². The number of hydrogen-bond donors (Lipinski definition) is 2. The summed E-state index contributed by atoms with van der Waals surface area (Å²) < 4.78 is 11.9. The van der Waals surface area contributed by atoms with Crippen LogP contribution in [0.2, 0.25) is 0 Å². The fourth-order valence-electron chi connectivity index (χ4n) is 6.45. The summed E-state index contributed by atoms with van der Waals surface area (Å²) >= 11 is 0. The third-order valence-corrected chi connectivity index (χ3v) is 8.75. The van der Waals surface area contributed by atoms with Crippen molar-refractivity contribution < 1.29 is 14.3 Å². The van der Waals surface area contributed by atoms with Gasteiger partial charge in [-0.25, -0.2) is 4.99 Å². The highest BCUT2D eigenvalue weighted by Crippen LogP contribution is 2.49. The van der Waals surface area contributed by atoms with Crippen LogP contribution in [0.3, 0.4) is 0 Å². The standard InChI is InChI=1S/C31H40N4O3.C2H6/c1-6-31(7-2)17-27(36)35(29(32)34-31)28-24-16-22(13-15-26(24)38-19-30(28,4)18-37-5)20(3)33-25-14-12-21-10-8-9-11-23(21)25;1-2/h8-11,13,15-16,25,28,33H,3,6-7,12,14,17-19H2,1-2,4-5H3,(H2,32,34);1-2H3. The van der Waals surface area contributed by atoms with Crippen molar-refractivity contribution in [2.24, 2.45) is 16.1 Å². The van der Waals surface area contributed by atoms with E-state index in [1.807, 2.05) is 26.0 Å². The highest BCUT2D eigenvalue weighted by Gasteiger charge is 2.50. The van der Waals surface area contributed by atoms with Crippen LogP contribution in [0.15, 0.2) is 54.0 Å². The number of rotatable bonds is 8. The van der Waals surface area contributed by atoms with E-state index >= 15 is 0 Å². The number of aryl methyl sites for hydroxylation is 1. The molecular formula is C33H46N4O3. The second-order valence-electron chi connectivity index (χ2n) is 11.3. The molecule has 0 radical (unpaired) electrons. The maximum Gasteiger partial charge on any atom is 0.232 e. The second kappa shape index (κ2) is 12.0. The first-order chi connectivity index (χ1) is 19.2. The van der Waals surface area contributed by atoms with Crippen LogP contribution in [0.4, 0.5) is 0 Å². The topological polar surface area (TPSA) is 89.2 Å². The lowest BCUT2D eigenvalue weighted by molar-refractivity contribution is -0.136. The fraction of sp³-hybridized carbons (Fsp3) is 0.515. The summed E-state index contributed by atoms with van der Waals surface area (Å²) in [7, 11) is 1.67. The minimum Gasteiger partial charge on any atom is -0.492 e. The Bertz CT molecular complexity index is 1270. The van der Waals surface area contributed by atoms with Crippen LogP contribution in [-0.4, -0.2) is 42.6 Å². The summed E-state index contributed by atoms with van der Waals surface area (Å²) in [5.41, 5.74) is 11.1. The maximum atomic E-state index is 13.8.